The van der Waals surface area contributed by atoms with Crippen molar-refractivity contribution < 1.29 is 9.52 Å². The number of aryl methyl sites for hydroxylation is 1. The monoisotopic (exact) mass is 249 g/mol. The van der Waals surface area contributed by atoms with Crippen molar-refractivity contribution in [1.29, 1.82) is 0 Å². The van der Waals surface area contributed by atoms with E-state index in [1.165, 1.54) is 19.3 Å². The summed E-state index contributed by atoms with van der Waals surface area (Å²) in [4.78, 5) is 2.43. The van der Waals surface area contributed by atoms with Gasteiger partial charge in [0.25, 0.3) is 0 Å². The Morgan fingerprint density at radius 1 is 1.39 bits per heavy atom. The molecule has 0 amide bonds. The van der Waals surface area contributed by atoms with Crippen LogP contribution >= 0.6 is 0 Å². The van der Waals surface area contributed by atoms with Crippen molar-refractivity contribution in [3.05, 3.63) is 23.7 Å². The molecule has 1 aromatic heterocycles. The first-order chi connectivity index (χ1) is 8.66. The Hall–Kier alpha value is -0.800. The van der Waals surface area contributed by atoms with Crippen molar-refractivity contribution in [3.63, 3.8) is 0 Å². The van der Waals surface area contributed by atoms with E-state index in [4.69, 9.17) is 4.42 Å². The highest BCUT2D eigenvalue weighted by Crippen LogP contribution is 2.40. The van der Waals surface area contributed by atoms with Crippen molar-refractivity contribution in [3.8, 4) is 0 Å². The third kappa shape index (κ3) is 2.34. The molecule has 2 fully saturated rings. The SMILES string of the molecule is Cc1ccc(CN2CCC3(O)CCCCC3C2)o1. The van der Waals surface area contributed by atoms with Gasteiger partial charge >= 0.3 is 0 Å². The van der Waals surface area contributed by atoms with E-state index < -0.39 is 0 Å². The fourth-order valence-electron chi connectivity index (χ4n) is 3.57. The minimum atomic E-state index is -0.367. The molecule has 18 heavy (non-hydrogen) atoms. The van der Waals surface area contributed by atoms with E-state index in [9.17, 15) is 5.11 Å². The summed E-state index contributed by atoms with van der Waals surface area (Å²) in [6.07, 6.45) is 5.60. The molecule has 3 rings (SSSR count). The van der Waals surface area contributed by atoms with Crippen molar-refractivity contribution >= 4 is 0 Å². The molecular formula is C15H23NO2. The van der Waals surface area contributed by atoms with Crippen LogP contribution in [0.4, 0.5) is 0 Å². The number of hydrogen-bond donors (Lipinski definition) is 1. The molecule has 2 atom stereocenters. The molecule has 2 aliphatic rings. The van der Waals surface area contributed by atoms with Crippen LogP contribution in [0.2, 0.25) is 0 Å². The van der Waals surface area contributed by atoms with Crippen LogP contribution in [-0.4, -0.2) is 28.7 Å². The molecule has 3 nitrogen and oxygen atoms in total. The lowest BCUT2D eigenvalue weighted by molar-refractivity contribution is -0.0975. The van der Waals surface area contributed by atoms with Crippen molar-refractivity contribution in [1.82, 2.24) is 4.90 Å². The van der Waals surface area contributed by atoms with Crippen LogP contribution in [0.1, 0.15) is 43.6 Å². The molecule has 100 valence electrons. The van der Waals surface area contributed by atoms with Crippen LogP contribution < -0.4 is 0 Å². The van der Waals surface area contributed by atoms with Crippen LogP contribution in [0.3, 0.4) is 0 Å². The predicted molar refractivity (Wildman–Crippen MR) is 70.2 cm³/mol. The molecule has 1 N–H and O–H groups in total. The molecule has 1 aromatic rings. The van der Waals surface area contributed by atoms with E-state index in [0.717, 1.165) is 44.0 Å². The first-order valence-corrected chi connectivity index (χ1v) is 7.16. The predicted octanol–water partition coefficient (Wildman–Crippen LogP) is 2.72. The Bertz CT molecular complexity index is 414. The van der Waals surface area contributed by atoms with Gasteiger partial charge in [0.1, 0.15) is 11.5 Å². The molecule has 0 bridgehead atoms. The molecule has 0 spiro atoms. The maximum Gasteiger partial charge on any atom is 0.118 e. The van der Waals surface area contributed by atoms with Crippen molar-refractivity contribution in [2.45, 2.75) is 51.2 Å². The van der Waals surface area contributed by atoms with Gasteiger partial charge in [-0.05, 0) is 38.3 Å². The normalized spacial score (nSPS) is 33.3. The largest absolute Gasteiger partial charge is 0.465 e. The van der Waals surface area contributed by atoms with Gasteiger partial charge in [-0.3, -0.25) is 4.90 Å². The van der Waals surface area contributed by atoms with Gasteiger partial charge in [-0.25, -0.2) is 0 Å². The van der Waals surface area contributed by atoms with Crippen molar-refractivity contribution in [2.24, 2.45) is 5.92 Å². The van der Waals surface area contributed by atoms with E-state index in [2.05, 4.69) is 11.0 Å². The highest BCUT2D eigenvalue weighted by atomic mass is 16.3. The second kappa shape index (κ2) is 4.71. The summed E-state index contributed by atoms with van der Waals surface area (Å²) in [6.45, 7) is 4.89. The first kappa shape index (κ1) is 12.2. The summed E-state index contributed by atoms with van der Waals surface area (Å²) in [5, 5.41) is 10.6. The Kier molecular flexibility index (Phi) is 3.20. The number of nitrogens with zero attached hydrogens (tertiary/aromatic N) is 1. The van der Waals surface area contributed by atoms with Gasteiger partial charge in [0.05, 0.1) is 12.1 Å². The lowest BCUT2D eigenvalue weighted by atomic mass is 9.71. The Morgan fingerprint density at radius 2 is 2.28 bits per heavy atom. The average molecular weight is 249 g/mol. The summed E-state index contributed by atoms with van der Waals surface area (Å²) in [7, 11) is 0. The summed E-state index contributed by atoms with van der Waals surface area (Å²) in [6, 6.07) is 4.09. The van der Waals surface area contributed by atoms with E-state index in [-0.39, 0.29) is 5.60 Å². The molecule has 1 aliphatic heterocycles. The second-order valence-corrected chi connectivity index (χ2v) is 6.04. The molecule has 0 aromatic carbocycles. The topological polar surface area (TPSA) is 36.6 Å². The smallest absolute Gasteiger partial charge is 0.118 e. The number of likely N-dealkylation sites (tertiary alicyclic amines) is 1. The number of piperidine rings is 1. The standard InChI is InChI=1S/C15H23NO2/c1-12-5-6-14(18-12)11-16-9-8-15(17)7-3-2-4-13(15)10-16/h5-6,13,17H,2-4,7-11H2,1H3. The molecular weight excluding hydrogens is 226 g/mol. The number of rotatable bonds is 2. The zero-order valence-corrected chi connectivity index (χ0v) is 11.2. The quantitative estimate of drug-likeness (QED) is 0.875. The second-order valence-electron chi connectivity index (χ2n) is 6.04. The maximum absolute atomic E-state index is 10.6. The highest BCUT2D eigenvalue weighted by Gasteiger charge is 2.42. The Balaban J connectivity index is 1.63. The number of aliphatic hydroxyl groups is 1. The first-order valence-electron chi connectivity index (χ1n) is 7.16. The van der Waals surface area contributed by atoms with Crippen LogP contribution in [0.5, 0.6) is 0 Å². The zero-order valence-electron chi connectivity index (χ0n) is 11.2. The fraction of sp³-hybridized carbons (Fsp3) is 0.733. The molecule has 2 heterocycles. The van der Waals surface area contributed by atoms with E-state index in [0.29, 0.717) is 5.92 Å². The zero-order chi connectivity index (χ0) is 12.6. The van der Waals surface area contributed by atoms with Gasteiger partial charge in [-0.1, -0.05) is 12.8 Å². The van der Waals surface area contributed by atoms with E-state index in [1.54, 1.807) is 0 Å². The number of hydrogen-bond acceptors (Lipinski definition) is 3. The van der Waals surface area contributed by atoms with Crippen LogP contribution in [0.25, 0.3) is 0 Å². The molecule has 3 heteroatoms. The fourth-order valence-corrected chi connectivity index (χ4v) is 3.57. The summed E-state index contributed by atoms with van der Waals surface area (Å²) >= 11 is 0. The van der Waals surface area contributed by atoms with Crippen molar-refractivity contribution in [2.75, 3.05) is 13.1 Å². The van der Waals surface area contributed by atoms with Crippen LogP contribution in [-0.2, 0) is 6.54 Å². The minimum absolute atomic E-state index is 0.367. The van der Waals surface area contributed by atoms with Gasteiger partial charge in [-0.2, -0.15) is 0 Å². The lowest BCUT2D eigenvalue weighted by Crippen LogP contribution is -2.52. The molecule has 2 unspecified atom stereocenters. The van der Waals surface area contributed by atoms with Gasteiger partial charge < -0.3 is 9.52 Å². The van der Waals surface area contributed by atoms with Crippen LogP contribution in [0.15, 0.2) is 16.5 Å². The van der Waals surface area contributed by atoms with Gasteiger partial charge in [0.2, 0.25) is 0 Å². The van der Waals surface area contributed by atoms with Gasteiger partial charge in [0.15, 0.2) is 0 Å². The summed E-state index contributed by atoms with van der Waals surface area (Å²) in [5.74, 6) is 2.50. The molecule has 0 radical (unpaired) electrons. The Labute approximate surface area is 109 Å². The van der Waals surface area contributed by atoms with Gasteiger partial charge in [-0.15, -0.1) is 0 Å². The minimum Gasteiger partial charge on any atom is -0.465 e. The molecule has 1 aliphatic carbocycles. The maximum atomic E-state index is 10.6. The highest BCUT2D eigenvalue weighted by molar-refractivity contribution is 5.06. The Morgan fingerprint density at radius 3 is 3.06 bits per heavy atom. The number of furan rings is 1. The average Bonchev–Trinajstić information content (AvgIpc) is 2.75. The third-order valence-electron chi connectivity index (χ3n) is 4.69. The van der Waals surface area contributed by atoms with Gasteiger partial charge in [0, 0.05) is 19.0 Å². The molecule has 1 saturated heterocycles. The number of fused-ring (bicyclic) bond motifs is 1. The molecule has 1 saturated carbocycles. The van der Waals surface area contributed by atoms with Crippen LogP contribution in [0, 0.1) is 12.8 Å². The van der Waals surface area contributed by atoms with E-state index in [1.807, 2.05) is 13.0 Å². The lowest BCUT2D eigenvalue weighted by Gasteiger charge is -2.47. The summed E-state index contributed by atoms with van der Waals surface area (Å²) in [5.41, 5.74) is -0.367. The van der Waals surface area contributed by atoms with E-state index >= 15 is 0 Å². The summed E-state index contributed by atoms with van der Waals surface area (Å²) < 4.78 is 5.64. The third-order valence-corrected chi connectivity index (χ3v) is 4.69.